The molecule has 0 amide bonds. The molecule has 1 aromatic rings. The Bertz CT molecular complexity index is 428. The second-order valence-electron chi connectivity index (χ2n) is 5.09. The lowest BCUT2D eigenvalue weighted by molar-refractivity contribution is -0.247. The maximum absolute atomic E-state index is 11.9. The van der Waals surface area contributed by atoms with Crippen molar-refractivity contribution in [3.05, 3.63) is 41.5 Å². The third kappa shape index (κ3) is 3.57. The van der Waals surface area contributed by atoms with Gasteiger partial charge in [-0.2, -0.15) is 4.89 Å². The summed E-state index contributed by atoms with van der Waals surface area (Å²) < 4.78 is 0. The van der Waals surface area contributed by atoms with Crippen LogP contribution in [0, 0.1) is 18.9 Å². The first-order valence-electron chi connectivity index (χ1n) is 7.02. The zero-order valence-corrected chi connectivity index (χ0v) is 11.6. The van der Waals surface area contributed by atoms with E-state index in [4.69, 9.17) is 9.78 Å². The fourth-order valence-electron chi connectivity index (χ4n) is 2.53. The lowest BCUT2D eigenvalue weighted by Crippen LogP contribution is -2.21. The van der Waals surface area contributed by atoms with E-state index < -0.39 is 5.97 Å². The van der Waals surface area contributed by atoms with Gasteiger partial charge in [0, 0.05) is 0 Å². The minimum Gasteiger partial charge on any atom is -0.292 e. The molecule has 1 aliphatic rings. The Hall–Kier alpha value is -1.35. The third-order valence-corrected chi connectivity index (χ3v) is 3.76. The Morgan fingerprint density at radius 1 is 1.32 bits per heavy atom. The van der Waals surface area contributed by atoms with E-state index in [-0.39, 0.29) is 0 Å². The van der Waals surface area contributed by atoms with Crippen molar-refractivity contribution in [1.82, 2.24) is 0 Å². The standard InChI is InChI=1S/C16H21O3/c1-3-13-9-5-7-11-15(13)18-19-16(17)14-10-6-4-8-12(14)2/h4,6,8,10,13H,3,5,7,9,11H2,1-2H3. The molecular weight excluding hydrogens is 240 g/mol. The van der Waals surface area contributed by atoms with Gasteiger partial charge in [0.1, 0.15) is 0 Å². The van der Waals surface area contributed by atoms with Crippen molar-refractivity contribution in [3.63, 3.8) is 0 Å². The van der Waals surface area contributed by atoms with Gasteiger partial charge >= 0.3 is 5.97 Å². The molecule has 1 radical (unpaired) electrons. The molecule has 3 nitrogen and oxygen atoms in total. The highest BCUT2D eigenvalue weighted by atomic mass is 17.2. The van der Waals surface area contributed by atoms with Gasteiger partial charge in [0.25, 0.3) is 0 Å². The third-order valence-electron chi connectivity index (χ3n) is 3.76. The first kappa shape index (κ1) is 14.1. The molecule has 0 bridgehead atoms. The largest absolute Gasteiger partial charge is 0.373 e. The average Bonchev–Trinajstić information content (AvgIpc) is 2.45. The molecule has 1 saturated carbocycles. The van der Waals surface area contributed by atoms with E-state index >= 15 is 0 Å². The average molecular weight is 261 g/mol. The molecule has 2 rings (SSSR count). The van der Waals surface area contributed by atoms with Crippen LogP contribution in [-0.4, -0.2) is 5.97 Å². The zero-order chi connectivity index (χ0) is 13.7. The molecule has 3 heteroatoms. The van der Waals surface area contributed by atoms with Crippen LogP contribution >= 0.6 is 0 Å². The molecule has 1 atom stereocenters. The predicted molar refractivity (Wildman–Crippen MR) is 73.2 cm³/mol. The van der Waals surface area contributed by atoms with E-state index in [0.717, 1.165) is 37.4 Å². The summed E-state index contributed by atoms with van der Waals surface area (Å²) >= 11 is 0. The molecule has 0 aromatic heterocycles. The monoisotopic (exact) mass is 261 g/mol. The summed E-state index contributed by atoms with van der Waals surface area (Å²) in [7, 11) is 0. The predicted octanol–water partition coefficient (Wildman–Crippen LogP) is 4.22. The number of carbonyl (C=O) groups is 1. The van der Waals surface area contributed by atoms with Crippen molar-refractivity contribution in [2.24, 2.45) is 5.92 Å². The molecule has 0 saturated heterocycles. The van der Waals surface area contributed by atoms with Gasteiger partial charge in [-0.15, -0.1) is 0 Å². The zero-order valence-electron chi connectivity index (χ0n) is 11.6. The summed E-state index contributed by atoms with van der Waals surface area (Å²) in [5, 5.41) is 0. The van der Waals surface area contributed by atoms with Gasteiger partial charge in [0.05, 0.1) is 5.56 Å². The Morgan fingerprint density at radius 3 is 2.84 bits per heavy atom. The van der Waals surface area contributed by atoms with Crippen LogP contribution in [0.2, 0.25) is 0 Å². The van der Waals surface area contributed by atoms with Gasteiger partial charge in [-0.3, -0.25) is 4.89 Å². The van der Waals surface area contributed by atoms with E-state index in [1.54, 1.807) is 6.07 Å². The molecular formula is C16H21O3. The van der Waals surface area contributed by atoms with Crippen molar-refractivity contribution in [1.29, 1.82) is 0 Å². The highest BCUT2D eigenvalue weighted by Crippen LogP contribution is 2.34. The Labute approximate surface area is 114 Å². The summed E-state index contributed by atoms with van der Waals surface area (Å²) in [6.45, 7) is 4.03. The summed E-state index contributed by atoms with van der Waals surface area (Å²) in [4.78, 5) is 22.3. The fraction of sp³-hybridized carbons (Fsp3) is 0.500. The second kappa shape index (κ2) is 6.71. The normalized spacial score (nSPS) is 20.2. The minimum absolute atomic E-state index is 0.411. The summed E-state index contributed by atoms with van der Waals surface area (Å²) in [5.41, 5.74) is 1.46. The summed E-state index contributed by atoms with van der Waals surface area (Å²) in [6.07, 6.45) is 6.35. The highest BCUT2D eigenvalue weighted by Gasteiger charge is 2.28. The molecule has 19 heavy (non-hydrogen) atoms. The molecule has 0 N–H and O–H groups in total. The lowest BCUT2D eigenvalue weighted by Gasteiger charge is -2.27. The fourth-order valence-corrected chi connectivity index (χ4v) is 2.53. The van der Waals surface area contributed by atoms with Crippen LogP contribution in [0.3, 0.4) is 0 Å². The first-order valence-corrected chi connectivity index (χ1v) is 7.02. The van der Waals surface area contributed by atoms with Crippen LogP contribution in [0.5, 0.6) is 0 Å². The molecule has 103 valence electrons. The van der Waals surface area contributed by atoms with Gasteiger partial charge in [-0.05, 0) is 37.3 Å². The number of aryl methyl sites for hydroxylation is 1. The minimum atomic E-state index is -0.411. The maximum Gasteiger partial charge on any atom is 0.373 e. The van der Waals surface area contributed by atoms with Crippen LogP contribution in [0.25, 0.3) is 0 Å². The molecule has 0 heterocycles. The van der Waals surface area contributed by atoms with Crippen LogP contribution in [0.1, 0.15) is 54.9 Å². The van der Waals surface area contributed by atoms with E-state index in [1.165, 1.54) is 6.42 Å². The lowest BCUT2D eigenvalue weighted by atomic mass is 9.85. The maximum atomic E-state index is 11.9. The molecule has 1 aromatic carbocycles. The van der Waals surface area contributed by atoms with Gasteiger partial charge in [-0.1, -0.05) is 44.4 Å². The quantitative estimate of drug-likeness (QED) is 0.601. The van der Waals surface area contributed by atoms with Gasteiger partial charge in [0.2, 0.25) is 0 Å². The SMILES string of the molecule is CCC1CCCC[C]1OOC(=O)c1ccccc1C. The van der Waals surface area contributed by atoms with Gasteiger partial charge in [-0.25, -0.2) is 4.79 Å². The van der Waals surface area contributed by atoms with Crippen molar-refractivity contribution in [2.75, 3.05) is 0 Å². The Balaban J connectivity index is 1.91. The van der Waals surface area contributed by atoms with Crippen molar-refractivity contribution < 1.29 is 14.6 Å². The summed E-state index contributed by atoms with van der Waals surface area (Å²) in [6, 6.07) is 7.37. The van der Waals surface area contributed by atoms with Crippen LogP contribution in [0.4, 0.5) is 0 Å². The van der Waals surface area contributed by atoms with Crippen LogP contribution in [-0.2, 0) is 9.78 Å². The van der Waals surface area contributed by atoms with Gasteiger partial charge in [0.15, 0.2) is 6.10 Å². The number of carbonyl (C=O) groups excluding carboxylic acids is 1. The smallest absolute Gasteiger partial charge is 0.292 e. The first-order chi connectivity index (χ1) is 9.22. The van der Waals surface area contributed by atoms with Crippen molar-refractivity contribution in [2.45, 2.75) is 46.0 Å². The second-order valence-corrected chi connectivity index (χ2v) is 5.09. The van der Waals surface area contributed by atoms with E-state index in [9.17, 15) is 4.79 Å². The summed E-state index contributed by atoms with van der Waals surface area (Å²) in [5.74, 6) is 0.0180. The van der Waals surface area contributed by atoms with E-state index in [1.807, 2.05) is 25.1 Å². The molecule has 1 fully saturated rings. The van der Waals surface area contributed by atoms with E-state index in [2.05, 4.69) is 6.92 Å². The number of hydrogen-bond donors (Lipinski definition) is 0. The Morgan fingerprint density at radius 2 is 2.11 bits per heavy atom. The number of benzene rings is 1. The molecule has 0 spiro atoms. The van der Waals surface area contributed by atoms with Crippen LogP contribution < -0.4 is 0 Å². The van der Waals surface area contributed by atoms with Crippen LogP contribution in [0.15, 0.2) is 24.3 Å². The van der Waals surface area contributed by atoms with Gasteiger partial charge < -0.3 is 0 Å². The number of rotatable bonds is 4. The highest BCUT2D eigenvalue weighted by molar-refractivity contribution is 5.90. The number of hydrogen-bond acceptors (Lipinski definition) is 3. The molecule has 1 unspecified atom stereocenters. The van der Waals surface area contributed by atoms with Crippen molar-refractivity contribution >= 4 is 5.97 Å². The molecule has 0 aliphatic heterocycles. The van der Waals surface area contributed by atoms with E-state index in [0.29, 0.717) is 11.5 Å². The van der Waals surface area contributed by atoms with Crippen molar-refractivity contribution in [3.8, 4) is 0 Å². The molecule has 1 aliphatic carbocycles. The topological polar surface area (TPSA) is 35.5 Å². The Kier molecular flexibility index (Phi) is 4.97.